The number of carbonyl (C=O) groups excluding carboxylic acids is 1. The van der Waals surface area contributed by atoms with Crippen LogP contribution in [0.5, 0.6) is 0 Å². The normalized spacial score (nSPS) is 12.8. The summed E-state index contributed by atoms with van der Waals surface area (Å²) in [5, 5.41) is 7.96. The van der Waals surface area contributed by atoms with Crippen LogP contribution < -0.4 is 15.5 Å². The summed E-state index contributed by atoms with van der Waals surface area (Å²) in [5.74, 6) is -0.393. The van der Waals surface area contributed by atoms with Crippen molar-refractivity contribution in [1.82, 2.24) is 5.09 Å². The molecule has 138 valence electrons. The van der Waals surface area contributed by atoms with Gasteiger partial charge < -0.3 is 9.82 Å². The molecule has 1 unspecified atom stereocenters. The number of rotatable bonds is 7. The molecular formula is C21H21N2O2PS. The van der Waals surface area contributed by atoms with Crippen molar-refractivity contribution in [2.45, 2.75) is 6.54 Å². The standard InChI is InChI=1S/C21H21N2O2PS/c1-25-21(24)19-14-8-9-15-20(19)23-26(27,18-12-6-3-7-13-18)22-16-17-10-4-2-5-11-17/h2-15H,16H2,1H3,(H2,22,23,27). The third kappa shape index (κ3) is 4.83. The van der Waals surface area contributed by atoms with Gasteiger partial charge in [0.05, 0.1) is 18.4 Å². The van der Waals surface area contributed by atoms with Gasteiger partial charge in [-0.25, -0.2) is 4.79 Å². The van der Waals surface area contributed by atoms with Gasteiger partial charge in [-0.1, -0.05) is 84.6 Å². The van der Waals surface area contributed by atoms with E-state index in [1.54, 1.807) is 12.1 Å². The molecule has 0 spiro atoms. The van der Waals surface area contributed by atoms with Crippen molar-refractivity contribution in [3.05, 3.63) is 96.1 Å². The molecule has 0 saturated heterocycles. The Morgan fingerprint density at radius 3 is 2.19 bits per heavy atom. The van der Waals surface area contributed by atoms with E-state index in [0.29, 0.717) is 17.8 Å². The molecule has 0 aliphatic carbocycles. The zero-order chi connectivity index (χ0) is 19.1. The van der Waals surface area contributed by atoms with Crippen LogP contribution in [0.3, 0.4) is 0 Å². The van der Waals surface area contributed by atoms with Gasteiger partial charge in [0.15, 0.2) is 0 Å². The highest BCUT2D eigenvalue weighted by atomic mass is 32.4. The Morgan fingerprint density at radius 2 is 1.52 bits per heavy atom. The predicted molar refractivity (Wildman–Crippen MR) is 115 cm³/mol. The van der Waals surface area contributed by atoms with E-state index in [0.717, 1.165) is 10.9 Å². The molecule has 3 aromatic carbocycles. The molecule has 3 aromatic rings. The number of esters is 1. The Labute approximate surface area is 164 Å². The average molecular weight is 396 g/mol. The van der Waals surface area contributed by atoms with E-state index in [4.69, 9.17) is 16.5 Å². The number of methoxy groups -OCH3 is 1. The first-order valence-electron chi connectivity index (χ1n) is 8.53. The first-order chi connectivity index (χ1) is 13.1. The number of nitrogens with one attached hydrogen (secondary N) is 2. The maximum atomic E-state index is 12.1. The van der Waals surface area contributed by atoms with Crippen molar-refractivity contribution in [3.63, 3.8) is 0 Å². The maximum Gasteiger partial charge on any atom is 0.339 e. The highest BCUT2D eigenvalue weighted by Crippen LogP contribution is 2.42. The van der Waals surface area contributed by atoms with Gasteiger partial charge in [-0.3, -0.25) is 5.09 Å². The summed E-state index contributed by atoms with van der Waals surface area (Å²) in [6.07, 6.45) is -2.41. The van der Waals surface area contributed by atoms with Gasteiger partial charge in [0, 0.05) is 11.8 Å². The monoisotopic (exact) mass is 396 g/mol. The van der Waals surface area contributed by atoms with E-state index >= 15 is 0 Å². The molecule has 0 saturated carbocycles. The SMILES string of the molecule is COC(=O)c1ccccc1NP(=S)(NCc1ccccc1)c1ccccc1. The van der Waals surface area contributed by atoms with Crippen LogP contribution in [0.15, 0.2) is 84.9 Å². The van der Waals surface area contributed by atoms with Crippen molar-refractivity contribution < 1.29 is 9.53 Å². The molecule has 0 aromatic heterocycles. The zero-order valence-corrected chi connectivity index (χ0v) is 16.7. The van der Waals surface area contributed by atoms with E-state index in [-0.39, 0.29) is 0 Å². The number of hydrogen-bond donors (Lipinski definition) is 2. The molecule has 0 bridgehead atoms. The lowest BCUT2D eigenvalue weighted by Crippen LogP contribution is -2.25. The average Bonchev–Trinajstić information content (AvgIpc) is 2.73. The van der Waals surface area contributed by atoms with Gasteiger partial charge in [-0.15, -0.1) is 0 Å². The largest absolute Gasteiger partial charge is 0.465 e. The third-order valence-electron chi connectivity index (χ3n) is 4.08. The lowest BCUT2D eigenvalue weighted by atomic mass is 10.2. The number of benzene rings is 3. The summed E-state index contributed by atoms with van der Waals surface area (Å²) in [6, 6.07) is 27.3. The Hall–Kier alpha value is -2.46. The summed E-state index contributed by atoms with van der Waals surface area (Å²) in [7, 11) is 1.38. The van der Waals surface area contributed by atoms with Gasteiger partial charge in [0.25, 0.3) is 0 Å². The van der Waals surface area contributed by atoms with Crippen molar-refractivity contribution in [3.8, 4) is 0 Å². The van der Waals surface area contributed by atoms with Crippen LogP contribution >= 0.6 is 6.34 Å². The van der Waals surface area contributed by atoms with Crippen molar-refractivity contribution in [1.29, 1.82) is 0 Å². The highest BCUT2D eigenvalue weighted by Gasteiger charge is 2.22. The maximum absolute atomic E-state index is 12.1. The fourth-order valence-electron chi connectivity index (χ4n) is 2.67. The molecule has 0 fully saturated rings. The van der Waals surface area contributed by atoms with Gasteiger partial charge in [-0.2, -0.15) is 0 Å². The summed E-state index contributed by atoms with van der Waals surface area (Å²) >= 11 is 6.07. The van der Waals surface area contributed by atoms with E-state index in [9.17, 15) is 4.79 Å². The van der Waals surface area contributed by atoms with E-state index in [1.807, 2.05) is 60.7 Å². The number of ether oxygens (including phenoxy) is 1. The Bertz CT molecular complexity index is 949. The van der Waals surface area contributed by atoms with Crippen LogP contribution in [0, 0.1) is 0 Å². The molecule has 0 radical (unpaired) electrons. The van der Waals surface area contributed by atoms with Crippen LogP contribution in [0.2, 0.25) is 0 Å². The summed E-state index contributed by atoms with van der Waals surface area (Å²) in [5.41, 5.74) is 2.27. The second-order valence-electron chi connectivity index (χ2n) is 5.91. The molecule has 1 atom stereocenters. The second kappa shape index (κ2) is 8.96. The molecule has 3 rings (SSSR count). The first kappa shape index (κ1) is 19.3. The quantitative estimate of drug-likeness (QED) is 0.460. The minimum Gasteiger partial charge on any atom is -0.465 e. The third-order valence-corrected chi connectivity index (χ3v) is 7.56. The minimum atomic E-state index is -2.41. The minimum absolute atomic E-state index is 0.393. The molecular weight excluding hydrogens is 375 g/mol. The molecule has 27 heavy (non-hydrogen) atoms. The first-order valence-corrected chi connectivity index (χ1v) is 11.3. The van der Waals surface area contributed by atoms with Crippen LogP contribution in [0.25, 0.3) is 0 Å². The number of carbonyl (C=O) groups is 1. The fourth-order valence-corrected chi connectivity index (χ4v) is 5.45. The van der Waals surface area contributed by atoms with Gasteiger partial charge >= 0.3 is 5.97 Å². The van der Waals surface area contributed by atoms with E-state index < -0.39 is 12.3 Å². The molecule has 2 N–H and O–H groups in total. The molecule has 0 aliphatic heterocycles. The second-order valence-corrected chi connectivity index (χ2v) is 9.83. The Morgan fingerprint density at radius 1 is 0.926 bits per heavy atom. The predicted octanol–water partition coefficient (Wildman–Crippen LogP) is 4.31. The number of hydrogen-bond acceptors (Lipinski definition) is 3. The van der Waals surface area contributed by atoms with E-state index in [1.165, 1.54) is 7.11 Å². The van der Waals surface area contributed by atoms with Crippen LogP contribution in [0.4, 0.5) is 5.69 Å². The molecule has 0 amide bonds. The van der Waals surface area contributed by atoms with Crippen LogP contribution in [-0.4, -0.2) is 13.1 Å². The van der Waals surface area contributed by atoms with Crippen molar-refractivity contribution in [2.75, 3.05) is 12.2 Å². The van der Waals surface area contributed by atoms with Crippen molar-refractivity contribution >= 4 is 35.1 Å². The summed E-state index contributed by atoms with van der Waals surface area (Å²) in [4.78, 5) is 12.1. The topological polar surface area (TPSA) is 50.4 Å². The van der Waals surface area contributed by atoms with Gasteiger partial charge in [0.2, 0.25) is 0 Å². The summed E-state index contributed by atoms with van der Waals surface area (Å²) < 4.78 is 4.91. The lowest BCUT2D eigenvalue weighted by molar-refractivity contribution is 0.0602. The summed E-state index contributed by atoms with van der Waals surface area (Å²) in [6.45, 7) is 0.625. The van der Waals surface area contributed by atoms with Crippen molar-refractivity contribution in [2.24, 2.45) is 0 Å². The molecule has 6 heteroatoms. The number of para-hydroxylation sites is 1. The molecule has 0 aliphatic rings. The van der Waals surface area contributed by atoms with E-state index in [2.05, 4.69) is 22.3 Å². The Balaban J connectivity index is 1.94. The van der Waals surface area contributed by atoms with Gasteiger partial charge in [0.1, 0.15) is 6.34 Å². The van der Waals surface area contributed by atoms with Crippen LogP contribution in [0.1, 0.15) is 15.9 Å². The fraction of sp³-hybridized carbons (Fsp3) is 0.0952. The van der Waals surface area contributed by atoms with Gasteiger partial charge in [-0.05, 0) is 17.7 Å². The molecule has 4 nitrogen and oxygen atoms in total. The lowest BCUT2D eigenvalue weighted by Gasteiger charge is -2.27. The molecule has 0 heterocycles. The number of anilines is 1. The van der Waals surface area contributed by atoms with Crippen LogP contribution in [-0.2, 0) is 23.1 Å². The smallest absolute Gasteiger partial charge is 0.339 e. The Kier molecular flexibility index (Phi) is 6.40. The highest BCUT2D eigenvalue weighted by molar-refractivity contribution is 8.18. The zero-order valence-electron chi connectivity index (χ0n) is 15.0.